The van der Waals surface area contributed by atoms with Crippen LogP contribution in [0, 0.1) is 0 Å². The number of hydrogen-bond acceptors (Lipinski definition) is 5. The lowest BCUT2D eigenvalue weighted by atomic mass is 10.4. The number of aromatic nitrogens is 2. The van der Waals surface area contributed by atoms with Crippen LogP contribution in [0.25, 0.3) is 0 Å². The van der Waals surface area contributed by atoms with Gasteiger partial charge in [-0.25, -0.2) is 13.1 Å². The zero-order valence-corrected chi connectivity index (χ0v) is 11.3. The zero-order valence-electron chi connectivity index (χ0n) is 10.5. The molecule has 4 N–H and O–H groups in total. The number of nitrogens with two attached hydrogens (primary N) is 1. The standard InChI is InChI=1S/C9H17N5O3S/c1-6(2)12-8(15)4-11-18(16,17)7-5-14(3)13-9(7)10/h5-6,11H,4H2,1-3H3,(H2,10,13)(H,12,15). The molecule has 0 radical (unpaired) electrons. The number of nitrogens with one attached hydrogen (secondary N) is 2. The smallest absolute Gasteiger partial charge is 0.246 e. The second-order valence-corrected chi connectivity index (χ2v) is 5.83. The molecule has 1 amide bonds. The van der Waals surface area contributed by atoms with E-state index in [1.54, 1.807) is 20.9 Å². The highest BCUT2D eigenvalue weighted by atomic mass is 32.2. The lowest BCUT2D eigenvalue weighted by molar-refractivity contribution is -0.120. The third kappa shape index (κ3) is 3.70. The van der Waals surface area contributed by atoms with Crippen molar-refractivity contribution in [2.45, 2.75) is 24.8 Å². The molecule has 1 heterocycles. The average molecular weight is 275 g/mol. The van der Waals surface area contributed by atoms with Gasteiger partial charge in [0.15, 0.2) is 5.82 Å². The number of anilines is 1. The molecule has 0 aromatic carbocycles. The maximum absolute atomic E-state index is 11.8. The van der Waals surface area contributed by atoms with Crippen LogP contribution in [0.2, 0.25) is 0 Å². The van der Waals surface area contributed by atoms with Crippen molar-refractivity contribution >= 4 is 21.7 Å². The van der Waals surface area contributed by atoms with Gasteiger partial charge < -0.3 is 11.1 Å². The summed E-state index contributed by atoms with van der Waals surface area (Å²) in [6, 6.07) is -0.0505. The average Bonchev–Trinajstić information content (AvgIpc) is 2.55. The van der Waals surface area contributed by atoms with Crippen molar-refractivity contribution in [2.24, 2.45) is 7.05 Å². The van der Waals surface area contributed by atoms with E-state index >= 15 is 0 Å². The van der Waals surface area contributed by atoms with Crippen LogP contribution >= 0.6 is 0 Å². The van der Waals surface area contributed by atoms with Crippen LogP contribution < -0.4 is 15.8 Å². The van der Waals surface area contributed by atoms with Gasteiger partial charge >= 0.3 is 0 Å². The molecule has 1 aromatic heterocycles. The number of nitrogen functional groups attached to an aromatic ring is 1. The molecule has 0 bridgehead atoms. The van der Waals surface area contributed by atoms with Crippen molar-refractivity contribution in [3.8, 4) is 0 Å². The lowest BCUT2D eigenvalue weighted by Crippen LogP contribution is -2.39. The summed E-state index contributed by atoms with van der Waals surface area (Å²) in [5.74, 6) is -0.509. The van der Waals surface area contributed by atoms with Gasteiger partial charge in [0.05, 0.1) is 6.54 Å². The van der Waals surface area contributed by atoms with Crippen LogP contribution in [-0.4, -0.2) is 36.7 Å². The summed E-state index contributed by atoms with van der Waals surface area (Å²) in [6.45, 7) is 3.23. The van der Waals surface area contributed by atoms with Gasteiger partial charge in [-0.05, 0) is 13.8 Å². The van der Waals surface area contributed by atoms with Gasteiger partial charge in [-0.1, -0.05) is 0 Å². The maximum atomic E-state index is 11.8. The summed E-state index contributed by atoms with van der Waals surface area (Å²) in [4.78, 5) is 11.2. The molecule has 0 spiro atoms. The largest absolute Gasteiger partial charge is 0.381 e. The van der Waals surface area contributed by atoms with Crippen LogP contribution in [0.5, 0.6) is 0 Å². The summed E-state index contributed by atoms with van der Waals surface area (Å²) in [7, 11) is -2.26. The molecular formula is C9H17N5O3S. The van der Waals surface area contributed by atoms with Crippen molar-refractivity contribution in [1.82, 2.24) is 19.8 Å². The zero-order chi connectivity index (χ0) is 13.9. The molecule has 0 aliphatic rings. The van der Waals surface area contributed by atoms with E-state index in [2.05, 4.69) is 15.1 Å². The summed E-state index contributed by atoms with van der Waals surface area (Å²) in [5.41, 5.74) is 5.46. The molecule has 102 valence electrons. The first-order valence-corrected chi connectivity index (χ1v) is 6.79. The molecule has 8 nitrogen and oxygen atoms in total. The molecule has 0 aliphatic heterocycles. The highest BCUT2D eigenvalue weighted by molar-refractivity contribution is 7.89. The number of carbonyl (C=O) groups is 1. The summed E-state index contributed by atoms with van der Waals surface area (Å²) in [6.07, 6.45) is 1.28. The number of amides is 1. The highest BCUT2D eigenvalue weighted by Gasteiger charge is 2.21. The Hall–Kier alpha value is -1.61. The Morgan fingerprint density at radius 1 is 1.56 bits per heavy atom. The minimum atomic E-state index is -3.82. The van der Waals surface area contributed by atoms with E-state index in [1.165, 1.54) is 10.9 Å². The fraction of sp³-hybridized carbons (Fsp3) is 0.556. The minimum absolute atomic E-state index is 0.0505. The fourth-order valence-corrected chi connectivity index (χ4v) is 2.39. The molecule has 1 aromatic rings. The van der Waals surface area contributed by atoms with E-state index in [0.717, 1.165) is 0 Å². The van der Waals surface area contributed by atoms with Crippen molar-refractivity contribution in [2.75, 3.05) is 12.3 Å². The van der Waals surface area contributed by atoms with E-state index in [-0.39, 0.29) is 23.3 Å². The Morgan fingerprint density at radius 3 is 2.61 bits per heavy atom. The molecule has 0 aliphatic carbocycles. The van der Waals surface area contributed by atoms with E-state index in [9.17, 15) is 13.2 Å². The SMILES string of the molecule is CC(C)NC(=O)CNS(=O)(=O)c1cn(C)nc1N. The Labute approximate surface area is 106 Å². The molecular weight excluding hydrogens is 258 g/mol. The third-order valence-electron chi connectivity index (χ3n) is 1.98. The molecule has 0 atom stereocenters. The quantitative estimate of drug-likeness (QED) is 0.624. The molecule has 9 heteroatoms. The van der Waals surface area contributed by atoms with Crippen LogP contribution in [0.4, 0.5) is 5.82 Å². The molecule has 0 unspecified atom stereocenters. The Bertz CT molecular complexity index is 534. The summed E-state index contributed by atoms with van der Waals surface area (Å²) < 4.78 is 27.1. The first kappa shape index (κ1) is 14.5. The van der Waals surface area contributed by atoms with E-state index in [0.29, 0.717) is 0 Å². The van der Waals surface area contributed by atoms with Gasteiger partial charge in [0.2, 0.25) is 15.9 Å². The second-order valence-electron chi connectivity index (χ2n) is 4.10. The number of aryl methyl sites for hydroxylation is 1. The first-order chi connectivity index (χ1) is 8.22. The summed E-state index contributed by atoms with van der Waals surface area (Å²) in [5, 5.41) is 6.30. The number of nitrogens with zero attached hydrogens (tertiary/aromatic N) is 2. The Kier molecular flexibility index (Phi) is 4.30. The second kappa shape index (κ2) is 5.36. The number of sulfonamides is 1. The van der Waals surface area contributed by atoms with Gasteiger partial charge in [-0.3, -0.25) is 9.48 Å². The highest BCUT2D eigenvalue weighted by Crippen LogP contribution is 2.14. The molecule has 0 fully saturated rings. The predicted octanol–water partition coefficient (Wildman–Crippen LogP) is -1.19. The van der Waals surface area contributed by atoms with Crippen LogP contribution in [-0.2, 0) is 21.9 Å². The number of hydrogen-bond donors (Lipinski definition) is 3. The van der Waals surface area contributed by atoms with Crippen LogP contribution in [0.15, 0.2) is 11.1 Å². The van der Waals surface area contributed by atoms with Gasteiger partial charge in [-0.2, -0.15) is 5.10 Å². The third-order valence-corrected chi connectivity index (χ3v) is 3.40. The van der Waals surface area contributed by atoms with Gasteiger partial charge in [-0.15, -0.1) is 0 Å². The lowest BCUT2D eigenvalue weighted by Gasteiger charge is -2.09. The Morgan fingerprint density at radius 2 is 2.17 bits per heavy atom. The normalized spacial score (nSPS) is 11.8. The topological polar surface area (TPSA) is 119 Å². The van der Waals surface area contributed by atoms with E-state index in [4.69, 9.17) is 5.73 Å². The summed E-state index contributed by atoms with van der Waals surface area (Å²) >= 11 is 0. The fourth-order valence-electron chi connectivity index (χ4n) is 1.30. The van der Waals surface area contributed by atoms with Crippen LogP contribution in [0.3, 0.4) is 0 Å². The molecule has 1 rings (SSSR count). The number of rotatable bonds is 5. The Balaban J connectivity index is 2.72. The van der Waals surface area contributed by atoms with Crippen molar-refractivity contribution in [3.63, 3.8) is 0 Å². The van der Waals surface area contributed by atoms with Crippen LogP contribution in [0.1, 0.15) is 13.8 Å². The first-order valence-electron chi connectivity index (χ1n) is 5.30. The monoisotopic (exact) mass is 275 g/mol. The van der Waals surface area contributed by atoms with E-state index in [1.807, 2.05) is 0 Å². The van der Waals surface area contributed by atoms with E-state index < -0.39 is 15.9 Å². The molecule has 18 heavy (non-hydrogen) atoms. The minimum Gasteiger partial charge on any atom is -0.381 e. The number of carbonyl (C=O) groups excluding carboxylic acids is 1. The molecule has 0 saturated carbocycles. The predicted molar refractivity (Wildman–Crippen MR) is 66.1 cm³/mol. The van der Waals surface area contributed by atoms with Gasteiger partial charge in [0.1, 0.15) is 4.90 Å². The molecule has 0 saturated heterocycles. The van der Waals surface area contributed by atoms with Gasteiger partial charge in [0, 0.05) is 19.3 Å². The van der Waals surface area contributed by atoms with Crippen molar-refractivity contribution in [3.05, 3.63) is 6.20 Å². The van der Waals surface area contributed by atoms with Crippen molar-refractivity contribution < 1.29 is 13.2 Å². The van der Waals surface area contributed by atoms with Crippen molar-refractivity contribution in [1.29, 1.82) is 0 Å². The maximum Gasteiger partial charge on any atom is 0.246 e. The van der Waals surface area contributed by atoms with Gasteiger partial charge in [0.25, 0.3) is 0 Å².